The number of aromatic nitrogens is 2. The topological polar surface area (TPSA) is 64.4 Å². The molecule has 0 bridgehead atoms. The molecule has 1 N–H and O–H groups in total. The van der Waals surface area contributed by atoms with Crippen molar-refractivity contribution in [2.24, 2.45) is 7.05 Å². The molecule has 0 aliphatic rings. The number of ether oxygens (including phenoxy) is 1. The smallest absolute Gasteiger partial charge is 0.434 e. The lowest BCUT2D eigenvalue weighted by atomic mass is 10.1. The van der Waals surface area contributed by atoms with Crippen LogP contribution in [0.1, 0.15) is 12.6 Å². The van der Waals surface area contributed by atoms with Gasteiger partial charge in [-0.15, -0.1) is 0 Å². The third kappa shape index (κ3) is 3.82. The van der Waals surface area contributed by atoms with E-state index in [4.69, 9.17) is 33.0 Å². The SMILES string of the molecule is CC(Oc1cc(-c2nn(C)c(C(F)(F)F)c2Cl)c(F)cc1Cl)C(=O)O. The van der Waals surface area contributed by atoms with Crippen LogP contribution in [0.3, 0.4) is 0 Å². The Morgan fingerprint density at radius 2 is 1.96 bits per heavy atom. The first-order valence-corrected chi connectivity index (χ1v) is 7.37. The highest BCUT2D eigenvalue weighted by atomic mass is 35.5. The van der Waals surface area contributed by atoms with E-state index in [1.165, 1.54) is 6.92 Å². The van der Waals surface area contributed by atoms with Crippen LogP contribution in [0.2, 0.25) is 10.0 Å². The second-order valence-electron chi connectivity index (χ2n) is 4.99. The standard InChI is InChI=1S/C14H10Cl2F4N2O3/c1-5(13(23)24)25-9-3-6(8(17)4-7(9)15)11-10(16)12(14(18,19)20)22(2)21-11/h3-5H,1-2H3,(H,23,24). The highest BCUT2D eigenvalue weighted by molar-refractivity contribution is 6.34. The van der Waals surface area contributed by atoms with Gasteiger partial charge in [-0.3, -0.25) is 4.68 Å². The molecule has 0 amide bonds. The molecule has 0 radical (unpaired) electrons. The molecule has 25 heavy (non-hydrogen) atoms. The summed E-state index contributed by atoms with van der Waals surface area (Å²) in [5, 5.41) is 11.4. The van der Waals surface area contributed by atoms with Crippen molar-refractivity contribution >= 4 is 29.2 Å². The molecule has 0 aliphatic heterocycles. The molecule has 2 aromatic rings. The number of carboxylic acid groups (broad SMARTS) is 1. The van der Waals surface area contributed by atoms with Gasteiger partial charge in [-0.1, -0.05) is 23.2 Å². The minimum absolute atomic E-state index is 0.233. The van der Waals surface area contributed by atoms with E-state index in [1.807, 2.05) is 0 Å². The third-order valence-electron chi connectivity index (χ3n) is 3.19. The molecule has 1 atom stereocenters. The van der Waals surface area contributed by atoms with Crippen LogP contribution in [-0.2, 0) is 18.0 Å². The van der Waals surface area contributed by atoms with Crippen molar-refractivity contribution in [1.82, 2.24) is 9.78 Å². The van der Waals surface area contributed by atoms with E-state index in [1.54, 1.807) is 0 Å². The van der Waals surface area contributed by atoms with E-state index in [9.17, 15) is 22.4 Å². The average molecular weight is 401 g/mol. The van der Waals surface area contributed by atoms with Crippen LogP contribution in [-0.4, -0.2) is 27.0 Å². The number of halogens is 6. The van der Waals surface area contributed by atoms with Crippen LogP contribution in [0.4, 0.5) is 17.6 Å². The van der Waals surface area contributed by atoms with E-state index >= 15 is 0 Å². The molecule has 1 aromatic carbocycles. The second kappa shape index (κ2) is 6.72. The van der Waals surface area contributed by atoms with Gasteiger partial charge >= 0.3 is 12.1 Å². The Morgan fingerprint density at radius 1 is 1.36 bits per heavy atom. The molecule has 0 aliphatic carbocycles. The minimum Gasteiger partial charge on any atom is -0.479 e. The first-order chi connectivity index (χ1) is 11.4. The molecular formula is C14H10Cl2F4N2O3. The van der Waals surface area contributed by atoms with Gasteiger partial charge in [-0.05, 0) is 19.1 Å². The molecule has 1 aromatic heterocycles. The Kier molecular flexibility index (Phi) is 5.19. The fraction of sp³-hybridized carbons (Fsp3) is 0.286. The van der Waals surface area contributed by atoms with Crippen molar-refractivity contribution in [2.45, 2.75) is 19.2 Å². The fourth-order valence-corrected chi connectivity index (χ4v) is 2.58. The van der Waals surface area contributed by atoms with E-state index in [0.29, 0.717) is 4.68 Å². The highest BCUT2D eigenvalue weighted by Crippen LogP contribution is 2.42. The van der Waals surface area contributed by atoms with E-state index < -0.39 is 46.0 Å². The van der Waals surface area contributed by atoms with Gasteiger partial charge in [0.25, 0.3) is 0 Å². The summed E-state index contributed by atoms with van der Waals surface area (Å²) in [5.41, 5.74) is -2.13. The van der Waals surface area contributed by atoms with Crippen molar-refractivity contribution in [1.29, 1.82) is 0 Å². The first-order valence-electron chi connectivity index (χ1n) is 6.62. The Balaban J connectivity index is 2.59. The van der Waals surface area contributed by atoms with Crippen LogP contribution in [0, 0.1) is 5.82 Å². The molecule has 11 heteroatoms. The normalized spacial score (nSPS) is 13.0. The van der Waals surface area contributed by atoms with Crippen molar-refractivity contribution in [3.8, 4) is 17.0 Å². The maximum atomic E-state index is 14.2. The second-order valence-corrected chi connectivity index (χ2v) is 5.78. The lowest BCUT2D eigenvalue weighted by Crippen LogP contribution is -2.23. The zero-order valence-corrected chi connectivity index (χ0v) is 14.2. The summed E-state index contributed by atoms with van der Waals surface area (Å²) in [5.74, 6) is -2.53. The molecule has 0 spiro atoms. The van der Waals surface area contributed by atoms with Gasteiger partial charge < -0.3 is 9.84 Å². The molecule has 0 saturated carbocycles. The number of rotatable bonds is 4. The number of benzene rings is 1. The minimum atomic E-state index is -4.79. The maximum absolute atomic E-state index is 14.2. The van der Waals surface area contributed by atoms with Crippen molar-refractivity contribution in [3.63, 3.8) is 0 Å². The van der Waals surface area contributed by atoms with Crippen LogP contribution in [0.5, 0.6) is 5.75 Å². The van der Waals surface area contributed by atoms with Gasteiger partial charge in [-0.25, -0.2) is 9.18 Å². The number of aryl methyl sites for hydroxylation is 1. The Hall–Kier alpha value is -2.00. The number of hydrogen-bond donors (Lipinski definition) is 1. The van der Waals surface area contributed by atoms with Gasteiger partial charge in [-0.2, -0.15) is 18.3 Å². The first kappa shape index (κ1) is 19.3. The molecule has 2 rings (SSSR count). The lowest BCUT2D eigenvalue weighted by Gasteiger charge is -2.13. The molecule has 0 saturated heterocycles. The van der Waals surface area contributed by atoms with Gasteiger partial charge in [0, 0.05) is 12.6 Å². The molecule has 5 nitrogen and oxygen atoms in total. The van der Waals surface area contributed by atoms with Crippen LogP contribution in [0.15, 0.2) is 12.1 Å². The zero-order chi connectivity index (χ0) is 19.1. The summed E-state index contributed by atoms with van der Waals surface area (Å²) in [7, 11) is 1.01. The Morgan fingerprint density at radius 3 is 2.44 bits per heavy atom. The van der Waals surface area contributed by atoms with E-state index in [-0.39, 0.29) is 10.8 Å². The fourth-order valence-electron chi connectivity index (χ4n) is 2.02. The lowest BCUT2D eigenvalue weighted by molar-refractivity contribution is -0.144. The summed E-state index contributed by atoms with van der Waals surface area (Å²) in [6.45, 7) is 1.21. The number of alkyl halides is 3. The summed E-state index contributed by atoms with van der Waals surface area (Å²) in [6, 6.07) is 1.73. The molecule has 0 fully saturated rings. The van der Waals surface area contributed by atoms with Gasteiger partial charge in [0.2, 0.25) is 0 Å². The van der Waals surface area contributed by atoms with Crippen molar-refractivity contribution in [2.75, 3.05) is 0 Å². The quantitative estimate of drug-likeness (QED) is 0.772. The zero-order valence-electron chi connectivity index (χ0n) is 12.7. The number of hydrogen-bond acceptors (Lipinski definition) is 3. The van der Waals surface area contributed by atoms with E-state index in [0.717, 1.165) is 19.2 Å². The van der Waals surface area contributed by atoms with Crippen LogP contribution in [0.25, 0.3) is 11.3 Å². The largest absolute Gasteiger partial charge is 0.479 e. The number of aliphatic carboxylic acids is 1. The molecular weight excluding hydrogens is 391 g/mol. The molecule has 1 heterocycles. The summed E-state index contributed by atoms with van der Waals surface area (Å²) in [4.78, 5) is 10.8. The maximum Gasteiger partial charge on any atom is 0.434 e. The third-order valence-corrected chi connectivity index (χ3v) is 3.84. The highest BCUT2D eigenvalue weighted by Gasteiger charge is 2.39. The van der Waals surface area contributed by atoms with Gasteiger partial charge in [0.15, 0.2) is 11.8 Å². The van der Waals surface area contributed by atoms with Crippen LogP contribution >= 0.6 is 23.2 Å². The summed E-state index contributed by atoms with van der Waals surface area (Å²) < 4.78 is 58.7. The molecule has 1 unspecified atom stereocenters. The van der Waals surface area contributed by atoms with Crippen LogP contribution < -0.4 is 4.74 Å². The predicted molar refractivity (Wildman–Crippen MR) is 81.3 cm³/mol. The van der Waals surface area contributed by atoms with Gasteiger partial charge in [0.05, 0.1) is 10.0 Å². The molecule has 136 valence electrons. The Bertz CT molecular complexity index is 836. The van der Waals surface area contributed by atoms with Gasteiger partial charge in [0.1, 0.15) is 17.3 Å². The monoisotopic (exact) mass is 400 g/mol. The van der Waals surface area contributed by atoms with Crippen molar-refractivity contribution in [3.05, 3.63) is 33.7 Å². The number of carbonyl (C=O) groups is 1. The average Bonchev–Trinajstić information content (AvgIpc) is 2.76. The number of nitrogens with zero attached hydrogens (tertiary/aromatic N) is 2. The summed E-state index contributed by atoms with van der Waals surface area (Å²) >= 11 is 11.5. The van der Waals surface area contributed by atoms with E-state index in [2.05, 4.69) is 5.10 Å². The van der Waals surface area contributed by atoms with Crippen molar-refractivity contribution < 1.29 is 32.2 Å². The number of carboxylic acids is 1. The summed E-state index contributed by atoms with van der Waals surface area (Å²) in [6.07, 6.45) is -6.11. The predicted octanol–water partition coefficient (Wildman–Crippen LogP) is 4.40. The Labute approximate surface area is 148 Å².